The van der Waals surface area contributed by atoms with Crippen LogP contribution in [0.5, 0.6) is 0 Å². The second kappa shape index (κ2) is 7.33. The molecule has 0 spiro atoms. The zero-order valence-electron chi connectivity index (χ0n) is 12.6. The molecule has 2 rings (SSSR count). The van der Waals surface area contributed by atoms with Gasteiger partial charge >= 0.3 is 0 Å². The summed E-state index contributed by atoms with van der Waals surface area (Å²) < 4.78 is 16.1. The lowest BCUT2D eigenvalue weighted by atomic mass is 10.2. The van der Waals surface area contributed by atoms with Crippen molar-refractivity contribution in [1.29, 1.82) is 0 Å². The van der Waals surface area contributed by atoms with E-state index >= 15 is 0 Å². The molecule has 5 heteroatoms. The molecule has 0 N–H and O–H groups in total. The molecule has 0 amide bonds. The standard InChI is InChI=1S/C16H22Cl2NOP/c1-3-5-11-19(12-6-4-2)21(20)14-10-8-7-9-13(14)15(17)16(21)18/h7-10H,3-6,11-12H2,1-2H3. The number of hydrogen-bond donors (Lipinski definition) is 0. The van der Waals surface area contributed by atoms with Crippen molar-refractivity contribution in [2.75, 3.05) is 13.1 Å². The van der Waals surface area contributed by atoms with E-state index in [2.05, 4.69) is 18.5 Å². The average molecular weight is 346 g/mol. The summed E-state index contributed by atoms with van der Waals surface area (Å²) in [5.74, 6) is 0. The molecule has 0 aliphatic carbocycles. The molecule has 1 aromatic carbocycles. The van der Waals surface area contributed by atoms with Gasteiger partial charge in [-0.3, -0.25) is 4.57 Å². The quantitative estimate of drug-likeness (QED) is 0.598. The van der Waals surface area contributed by atoms with Crippen molar-refractivity contribution in [3.63, 3.8) is 0 Å². The van der Waals surface area contributed by atoms with Crippen LogP contribution < -0.4 is 5.30 Å². The van der Waals surface area contributed by atoms with Gasteiger partial charge in [-0.15, -0.1) is 0 Å². The SMILES string of the molecule is CCCCN(CCCC)P1(=O)C(Cl)=C(Cl)c2ccccc21. The fourth-order valence-electron chi connectivity index (χ4n) is 2.62. The first kappa shape index (κ1) is 17.1. The topological polar surface area (TPSA) is 20.3 Å². The van der Waals surface area contributed by atoms with Gasteiger partial charge in [-0.2, -0.15) is 0 Å². The van der Waals surface area contributed by atoms with Crippen molar-refractivity contribution >= 4 is 40.8 Å². The van der Waals surface area contributed by atoms with Gasteiger partial charge in [0.15, 0.2) is 0 Å². The maximum atomic E-state index is 13.7. The van der Waals surface area contributed by atoms with E-state index in [1.807, 2.05) is 24.3 Å². The molecule has 0 saturated heterocycles. The van der Waals surface area contributed by atoms with Gasteiger partial charge in [0.1, 0.15) is 4.77 Å². The Morgan fingerprint density at radius 1 is 1.05 bits per heavy atom. The average Bonchev–Trinajstić information content (AvgIpc) is 2.71. The predicted molar refractivity (Wildman–Crippen MR) is 93.7 cm³/mol. The number of rotatable bonds is 7. The van der Waals surface area contributed by atoms with Crippen LogP contribution in [0.3, 0.4) is 0 Å². The van der Waals surface area contributed by atoms with Crippen LogP contribution in [0.25, 0.3) is 5.03 Å². The first-order valence-corrected chi connectivity index (χ1v) is 10.00. The van der Waals surface area contributed by atoms with Crippen LogP contribution >= 0.6 is 30.5 Å². The van der Waals surface area contributed by atoms with Crippen molar-refractivity contribution in [2.24, 2.45) is 0 Å². The minimum atomic E-state index is -2.93. The summed E-state index contributed by atoms with van der Waals surface area (Å²) in [6, 6.07) is 7.61. The fraction of sp³-hybridized carbons (Fsp3) is 0.500. The molecule has 0 fully saturated rings. The summed E-state index contributed by atoms with van der Waals surface area (Å²) in [4.78, 5) is 0. The molecule has 1 atom stereocenters. The number of hydrogen-bond acceptors (Lipinski definition) is 1. The van der Waals surface area contributed by atoms with Gasteiger partial charge in [0.2, 0.25) is 7.29 Å². The van der Waals surface area contributed by atoms with Crippen molar-refractivity contribution < 1.29 is 4.57 Å². The van der Waals surface area contributed by atoms with E-state index < -0.39 is 7.29 Å². The Labute approximate surface area is 137 Å². The van der Waals surface area contributed by atoms with E-state index in [9.17, 15) is 4.57 Å². The molecule has 21 heavy (non-hydrogen) atoms. The van der Waals surface area contributed by atoms with Crippen molar-refractivity contribution in [1.82, 2.24) is 4.67 Å². The molecular weight excluding hydrogens is 324 g/mol. The third-order valence-corrected chi connectivity index (χ3v) is 8.35. The molecule has 0 radical (unpaired) electrons. The number of fused-ring (bicyclic) bond motifs is 1. The first-order valence-electron chi connectivity index (χ1n) is 7.58. The van der Waals surface area contributed by atoms with Gasteiger partial charge in [0.05, 0.1) is 5.03 Å². The van der Waals surface area contributed by atoms with E-state index in [4.69, 9.17) is 23.2 Å². The van der Waals surface area contributed by atoms with E-state index in [0.29, 0.717) is 9.81 Å². The highest BCUT2D eigenvalue weighted by Crippen LogP contribution is 2.65. The Bertz CT molecular complexity index is 577. The smallest absolute Gasteiger partial charge is 0.220 e. The monoisotopic (exact) mass is 345 g/mol. The number of unbranched alkanes of at least 4 members (excludes halogenated alkanes) is 2. The van der Waals surface area contributed by atoms with Crippen molar-refractivity contribution in [3.05, 3.63) is 34.6 Å². The molecule has 1 aliphatic rings. The van der Waals surface area contributed by atoms with Crippen LogP contribution in [0.15, 0.2) is 29.0 Å². The Morgan fingerprint density at radius 2 is 1.62 bits per heavy atom. The fourth-order valence-corrected chi connectivity index (χ4v) is 6.69. The predicted octanol–water partition coefficient (Wildman–Crippen LogP) is 5.61. The summed E-state index contributed by atoms with van der Waals surface area (Å²) in [5.41, 5.74) is 0.825. The second-order valence-corrected chi connectivity index (χ2v) is 9.02. The molecular formula is C16H22Cl2NOP. The molecule has 0 saturated carbocycles. The molecule has 1 aromatic rings. The van der Waals surface area contributed by atoms with Crippen LogP contribution in [0, 0.1) is 0 Å². The van der Waals surface area contributed by atoms with E-state index in [-0.39, 0.29) is 0 Å². The van der Waals surface area contributed by atoms with Crippen LogP contribution in [0.4, 0.5) is 0 Å². The summed E-state index contributed by atoms with van der Waals surface area (Å²) in [5, 5.41) is 1.25. The maximum Gasteiger partial charge on any atom is 0.220 e. The first-order chi connectivity index (χ1) is 10.1. The highest BCUT2D eigenvalue weighted by molar-refractivity contribution is 7.76. The lowest BCUT2D eigenvalue weighted by molar-refractivity contribution is 0.403. The van der Waals surface area contributed by atoms with Crippen LogP contribution in [-0.4, -0.2) is 17.8 Å². The molecule has 1 aliphatic heterocycles. The van der Waals surface area contributed by atoms with Gasteiger partial charge < -0.3 is 0 Å². The van der Waals surface area contributed by atoms with Gasteiger partial charge in [-0.25, -0.2) is 4.67 Å². The van der Waals surface area contributed by atoms with Gasteiger partial charge in [0, 0.05) is 24.0 Å². The van der Waals surface area contributed by atoms with E-state index in [1.54, 1.807) is 0 Å². The van der Waals surface area contributed by atoms with Gasteiger partial charge in [-0.05, 0) is 18.9 Å². The largest absolute Gasteiger partial charge is 0.295 e. The van der Waals surface area contributed by atoms with Crippen molar-refractivity contribution in [2.45, 2.75) is 39.5 Å². The summed E-state index contributed by atoms with van der Waals surface area (Å²) in [7, 11) is -2.93. The normalized spacial score (nSPS) is 21.2. The van der Waals surface area contributed by atoms with Gasteiger partial charge in [-0.1, -0.05) is 68.1 Å². The number of halogens is 2. The minimum absolute atomic E-state index is 0.331. The number of nitrogens with zero attached hydrogens (tertiary/aromatic N) is 1. The van der Waals surface area contributed by atoms with Gasteiger partial charge in [0.25, 0.3) is 0 Å². The van der Waals surface area contributed by atoms with Crippen LogP contribution in [0.1, 0.15) is 45.1 Å². The molecule has 1 heterocycles. The molecule has 0 aromatic heterocycles. The highest BCUT2D eigenvalue weighted by Gasteiger charge is 2.43. The summed E-state index contributed by atoms with van der Waals surface area (Å²) >= 11 is 12.8. The molecule has 116 valence electrons. The number of benzene rings is 1. The lowest BCUT2D eigenvalue weighted by Crippen LogP contribution is -2.27. The Kier molecular flexibility index (Phi) is 5.96. The zero-order valence-corrected chi connectivity index (χ0v) is 15.0. The Hall–Kier alpha value is -0.270. The van der Waals surface area contributed by atoms with Crippen molar-refractivity contribution in [3.8, 4) is 0 Å². The molecule has 2 nitrogen and oxygen atoms in total. The Balaban J connectivity index is 2.44. The third-order valence-electron chi connectivity index (χ3n) is 3.85. The lowest BCUT2D eigenvalue weighted by Gasteiger charge is -2.30. The zero-order chi connectivity index (χ0) is 15.5. The highest BCUT2D eigenvalue weighted by atomic mass is 35.5. The van der Waals surface area contributed by atoms with E-state index in [0.717, 1.165) is 49.6 Å². The maximum absolute atomic E-state index is 13.7. The molecule has 1 unspecified atom stereocenters. The minimum Gasteiger partial charge on any atom is -0.295 e. The molecule has 0 bridgehead atoms. The summed E-state index contributed by atoms with van der Waals surface area (Å²) in [6.07, 6.45) is 4.16. The summed E-state index contributed by atoms with van der Waals surface area (Å²) in [6.45, 7) is 5.87. The van der Waals surface area contributed by atoms with Crippen LogP contribution in [0.2, 0.25) is 0 Å². The second-order valence-electron chi connectivity index (χ2n) is 5.36. The van der Waals surface area contributed by atoms with E-state index in [1.165, 1.54) is 0 Å². The Morgan fingerprint density at radius 3 is 2.19 bits per heavy atom. The van der Waals surface area contributed by atoms with Crippen LogP contribution in [-0.2, 0) is 4.57 Å². The third kappa shape index (κ3) is 3.10.